The van der Waals surface area contributed by atoms with Crippen LogP contribution in [0.3, 0.4) is 0 Å². The third kappa shape index (κ3) is 21.4. The van der Waals surface area contributed by atoms with Crippen molar-refractivity contribution in [3.63, 3.8) is 0 Å². The van der Waals surface area contributed by atoms with Crippen LogP contribution >= 0.6 is 12.2 Å². The van der Waals surface area contributed by atoms with Gasteiger partial charge in [0.25, 0.3) is 0 Å². The Morgan fingerprint density at radius 1 is 0.780 bits per heavy atom. The number of amides is 4. The maximum atomic E-state index is 12.7. The third-order valence-corrected chi connectivity index (χ3v) is 7.50. The molecule has 0 saturated heterocycles. The van der Waals surface area contributed by atoms with E-state index in [9.17, 15) is 33.9 Å². The maximum absolute atomic E-state index is 12.7. The van der Waals surface area contributed by atoms with Crippen LogP contribution in [0.25, 0.3) is 0 Å². The first-order chi connectivity index (χ1) is 23.8. The minimum absolute atomic E-state index is 0.0180. The van der Waals surface area contributed by atoms with Crippen LogP contribution in [0.5, 0.6) is 0 Å². The number of carboxylic acid groups (broad SMARTS) is 3. The average molecular weight is 725 g/mol. The predicted octanol–water partition coefficient (Wildman–Crippen LogP) is 0.486. The highest BCUT2D eigenvalue weighted by molar-refractivity contribution is 7.80. The van der Waals surface area contributed by atoms with E-state index in [1.165, 1.54) is 0 Å². The number of nitrogens with one attached hydrogen (secondary N) is 7. The molecule has 0 aliphatic heterocycles. The molecule has 0 aliphatic carbocycles. The molecule has 0 heterocycles. The van der Waals surface area contributed by atoms with Gasteiger partial charge in [0.1, 0.15) is 18.6 Å². The topological polar surface area (TPSA) is 273 Å². The summed E-state index contributed by atoms with van der Waals surface area (Å²) in [5, 5.41) is 46.4. The zero-order valence-corrected chi connectivity index (χ0v) is 29.2. The molecule has 0 saturated carbocycles. The summed E-state index contributed by atoms with van der Waals surface area (Å²) in [6, 6.07) is 4.69. The number of hydrogen-bond acceptors (Lipinski definition) is 9. The monoisotopic (exact) mass is 724 g/mol. The SMILES string of the molecule is CCNCC(N)Cc1ccc(NC(=S)NCCCCCC(=O)NC(CCC(=O)O)C(=O)NCCCCC(NC(=O)NCC(=O)O)C(=O)O)cc1. The normalized spacial score (nSPS) is 12.4. The Labute approximate surface area is 297 Å². The lowest BCUT2D eigenvalue weighted by Crippen LogP contribution is -2.47. The molecule has 4 amide bonds. The number of anilines is 1. The van der Waals surface area contributed by atoms with Crippen LogP contribution in [0.15, 0.2) is 24.3 Å². The third-order valence-electron chi connectivity index (χ3n) is 7.25. The highest BCUT2D eigenvalue weighted by Crippen LogP contribution is 2.11. The molecule has 1 rings (SSSR count). The van der Waals surface area contributed by atoms with Gasteiger partial charge in [-0.3, -0.25) is 19.2 Å². The molecule has 0 aromatic heterocycles. The number of nitrogens with two attached hydrogens (primary N) is 1. The summed E-state index contributed by atoms with van der Waals surface area (Å²) >= 11 is 5.37. The molecular weight excluding hydrogens is 672 g/mol. The van der Waals surface area contributed by atoms with Crippen LogP contribution in [-0.2, 0) is 30.4 Å². The Kier molecular flexibility index (Phi) is 22.1. The second-order valence-electron chi connectivity index (χ2n) is 11.6. The van der Waals surface area contributed by atoms with Crippen molar-refractivity contribution in [2.45, 2.75) is 89.3 Å². The first-order valence-corrected chi connectivity index (χ1v) is 17.1. The van der Waals surface area contributed by atoms with Crippen molar-refractivity contribution < 1.29 is 44.1 Å². The van der Waals surface area contributed by atoms with Gasteiger partial charge in [-0.05, 0) is 81.4 Å². The molecule has 1 aromatic rings. The summed E-state index contributed by atoms with van der Waals surface area (Å²) in [5.41, 5.74) is 8.12. The van der Waals surface area contributed by atoms with E-state index in [-0.39, 0.29) is 44.2 Å². The molecule has 0 aliphatic rings. The molecule has 17 nitrogen and oxygen atoms in total. The van der Waals surface area contributed by atoms with Gasteiger partial charge in [-0.2, -0.15) is 0 Å². The molecule has 18 heteroatoms. The zero-order chi connectivity index (χ0) is 37.3. The molecule has 1 aromatic carbocycles. The number of aliphatic carboxylic acids is 3. The molecule has 0 spiro atoms. The van der Waals surface area contributed by atoms with E-state index in [4.69, 9.17) is 28.2 Å². The Morgan fingerprint density at radius 2 is 1.46 bits per heavy atom. The van der Waals surface area contributed by atoms with Gasteiger partial charge in [-0.25, -0.2) is 9.59 Å². The highest BCUT2D eigenvalue weighted by atomic mass is 32.1. The summed E-state index contributed by atoms with van der Waals surface area (Å²) < 4.78 is 0. The van der Waals surface area contributed by atoms with E-state index in [1.807, 2.05) is 36.5 Å². The highest BCUT2D eigenvalue weighted by Gasteiger charge is 2.22. The quantitative estimate of drug-likeness (QED) is 0.0459. The molecule has 280 valence electrons. The number of hydrogen-bond donors (Lipinski definition) is 11. The summed E-state index contributed by atoms with van der Waals surface area (Å²) in [6.07, 6.45) is 3.12. The molecule has 50 heavy (non-hydrogen) atoms. The lowest BCUT2D eigenvalue weighted by Gasteiger charge is -2.18. The van der Waals surface area contributed by atoms with E-state index >= 15 is 0 Å². The van der Waals surface area contributed by atoms with Gasteiger partial charge in [0.2, 0.25) is 11.8 Å². The van der Waals surface area contributed by atoms with E-state index in [0.717, 1.165) is 37.2 Å². The molecule has 0 fully saturated rings. The minimum Gasteiger partial charge on any atom is -0.481 e. The summed E-state index contributed by atoms with van der Waals surface area (Å²) in [4.78, 5) is 69.9. The average Bonchev–Trinajstić information content (AvgIpc) is 3.06. The lowest BCUT2D eigenvalue weighted by molar-refractivity contribution is -0.140. The lowest BCUT2D eigenvalue weighted by atomic mass is 10.1. The standard InChI is InChI=1S/C32H52N8O9S/c1-2-34-19-22(33)18-21-10-12-23(13-11-21)38-32(50)36-17-6-3-4-9-26(41)39-24(14-15-27(42)43)29(46)35-16-7-5-8-25(30(47)48)40-31(49)37-20-28(44)45/h10-13,22,24-25,34H,2-9,14-20,33H2,1H3,(H,35,46)(H,39,41)(H,42,43)(H,44,45)(H,47,48)(H2,36,38,50)(H2,37,40,49). The number of carboxylic acids is 3. The first kappa shape index (κ1) is 43.5. The molecule has 3 atom stereocenters. The minimum atomic E-state index is -1.30. The maximum Gasteiger partial charge on any atom is 0.326 e. The van der Waals surface area contributed by atoms with E-state index in [2.05, 4.69) is 31.9 Å². The predicted molar refractivity (Wildman–Crippen MR) is 191 cm³/mol. The van der Waals surface area contributed by atoms with Crippen molar-refractivity contribution in [2.24, 2.45) is 5.73 Å². The van der Waals surface area contributed by atoms with Crippen molar-refractivity contribution >= 4 is 58.8 Å². The van der Waals surface area contributed by atoms with Crippen LogP contribution < -0.4 is 43.0 Å². The van der Waals surface area contributed by atoms with Crippen LogP contribution in [0.1, 0.15) is 70.3 Å². The van der Waals surface area contributed by atoms with Gasteiger partial charge in [0, 0.05) is 44.2 Å². The van der Waals surface area contributed by atoms with Crippen LogP contribution in [0.2, 0.25) is 0 Å². The summed E-state index contributed by atoms with van der Waals surface area (Å²) in [7, 11) is 0. The van der Waals surface area contributed by atoms with Gasteiger partial charge in [-0.15, -0.1) is 0 Å². The Morgan fingerprint density at radius 3 is 2.10 bits per heavy atom. The first-order valence-electron chi connectivity index (χ1n) is 16.7. The molecule has 0 radical (unpaired) electrons. The fourth-order valence-electron chi connectivity index (χ4n) is 4.63. The van der Waals surface area contributed by atoms with E-state index < -0.39 is 48.5 Å². The number of carbonyl (C=O) groups excluding carboxylic acids is 3. The van der Waals surface area contributed by atoms with Gasteiger partial charge in [0.05, 0.1) is 0 Å². The van der Waals surface area contributed by atoms with Gasteiger partial charge < -0.3 is 58.3 Å². The Bertz CT molecular complexity index is 1250. The fraction of sp³-hybridized carbons (Fsp3) is 0.594. The second kappa shape index (κ2) is 25.4. The second-order valence-corrected chi connectivity index (χ2v) is 12.0. The fourth-order valence-corrected chi connectivity index (χ4v) is 4.85. The molecular formula is C32H52N8O9S. The summed E-state index contributed by atoms with van der Waals surface area (Å²) in [5.74, 6) is -4.65. The number of unbranched alkanes of at least 4 members (excludes halogenated alkanes) is 3. The Hall–Kier alpha value is -4.55. The molecule has 0 bridgehead atoms. The molecule has 12 N–H and O–H groups in total. The number of rotatable bonds is 26. The van der Waals surface area contributed by atoms with E-state index in [1.54, 1.807) is 0 Å². The van der Waals surface area contributed by atoms with Crippen molar-refractivity contribution in [1.29, 1.82) is 0 Å². The number of thiocarbonyl (C=S) groups is 1. The van der Waals surface area contributed by atoms with Gasteiger partial charge in [-0.1, -0.05) is 25.5 Å². The van der Waals surface area contributed by atoms with Crippen LogP contribution in [-0.4, -0.2) is 107 Å². The largest absolute Gasteiger partial charge is 0.481 e. The van der Waals surface area contributed by atoms with Crippen molar-refractivity contribution in [3.8, 4) is 0 Å². The number of carbonyl (C=O) groups is 6. The number of likely N-dealkylation sites (N-methyl/N-ethyl adjacent to an activating group) is 1. The molecule has 3 unspecified atom stereocenters. The van der Waals surface area contributed by atoms with Crippen molar-refractivity contribution in [3.05, 3.63) is 29.8 Å². The number of urea groups is 1. The number of benzene rings is 1. The zero-order valence-electron chi connectivity index (χ0n) is 28.4. The smallest absolute Gasteiger partial charge is 0.326 e. The van der Waals surface area contributed by atoms with E-state index in [0.29, 0.717) is 37.3 Å². The van der Waals surface area contributed by atoms with Crippen molar-refractivity contribution in [1.82, 2.24) is 31.9 Å². The van der Waals surface area contributed by atoms with Gasteiger partial charge in [0.15, 0.2) is 5.11 Å². The Balaban J connectivity index is 2.35. The van der Waals surface area contributed by atoms with Crippen molar-refractivity contribution in [2.75, 3.05) is 38.0 Å². The summed E-state index contributed by atoms with van der Waals surface area (Å²) in [6.45, 7) is 3.72. The van der Waals surface area contributed by atoms with Gasteiger partial charge >= 0.3 is 23.9 Å². The van der Waals surface area contributed by atoms with Crippen LogP contribution in [0.4, 0.5) is 10.5 Å². The van der Waals surface area contributed by atoms with Crippen LogP contribution in [0, 0.1) is 0 Å².